The molecule has 35 heavy (non-hydrogen) atoms. The third-order valence-corrected chi connectivity index (χ3v) is 6.93. The zero-order chi connectivity index (χ0) is 26.4. The van der Waals surface area contributed by atoms with Crippen molar-refractivity contribution in [2.45, 2.75) is 44.2 Å². The maximum Gasteiger partial charge on any atom is 0.488 e. The predicted molar refractivity (Wildman–Crippen MR) is 140 cm³/mol. The Balaban J connectivity index is 2.04. The number of rotatable bonds is 8. The van der Waals surface area contributed by atoms with E-state index in [1.165, 1.54) is 51.4 Å². The highest BCUT2D eigenvalue weighted by Crippen LogP contribution is 2.26. The molecule has 0 bridgehead atoms. The molecular formula is C22H28BIN2O8S. The molecule has 0 spiro atoms. The van der Waals surface area contributed by atoms with Crippen LogP contribution in [0.15, 0.2) is 47.4 Å². The lowest BCUT2D eigenvalue weighted by atomic mass is 9.80. The van der Waals surface area contributed by atoms with Crippen LogP contribution in [0.3, 0.4) is 0 Å². The molecule has 0 unspecified atom stereocenters. The maximum atomic E-state index is 12.3. The third kappa shape index (κ3) is 9.66. The molecule has 0 fully saturated rings. The Labute approximate surface area is 217 Å². The first-order valence-electron chi connectivity index (χ1n) is 10.6. The number of hydrogen-bond donors (Lipinski definition) is 3. The van der Waals surface area contributed by atoms with Crippen molar-refractivity contribution in [2.75, 3.05) is 19.0 Å². The van der Waals surface area contributed by atoms with E-state index in [9.17, 15) is 18.0 Å². The molecule has 0 aliphatic carbocycles. The highest BCUT2D eigenvalue weighted by atomic mass is 127. The number of anilines is 1. The summed E-state index contributed by atoms with van der Waals surface area (Å²) in [5, 5.41) is 20.8. The maximum absolute atomic E-state index is 12.3. The van der Waals surface area contributed by atoms with Crippen molar-refractivity contribution in [1.29, 1.82) is 0 Å². The number of hydrogen-bond acceptors (Lipinski definition) is 8. The highest BCUT2D eigenvalue weighted by molar-refractivity contribution is 14.2. The lowest BCUT2D eigenvalue weighted by Crippen LogP contribution is -2.34. The average molecular weight is 618 g/mol. The molecule has 0 radical (unpaired) electrons. The van der Waals surface area contributed by atoms with Crippen molar-refractivity contribution in [3.05, 3.63) is 53.6 Å². The van der Waals surface area contributed by atoms with E-state index in [1.807, 2.05) is 0 Å². The first-order chi connectivity index (χ1) is 16.2. The largest absolute Gasteiger partial charge is 0.488 e. The molecule has 10 nitrogen and oxygen atoms in total. The van der Waals surface area contributed by atoms with E-state index in [2.05, 4.69) is 5.32 Å². The summed E-state index contributed by atoms with van der Waals surface area (Å²) in [6.07, 6.45) is -0.940. The lowest BCUT2D eigenvalue weighted by molar-refractivity contribution is 0.0283. The lowest BCUT2D eigenvalue weighted by Gasteiger charge is -2.25. The van der Waals surface area contributed by atoms with Gasteiger partial charge in [0, 0.05) is 19.2 Å². The molecular weight excluding hydrogens is 590 g/mol. The first-order valence-corrected chi connectivity index (χ1v) is 14.6. The van der Waals surface area contributed by atoms with Gasteiger partial charge in [0.25, 0.3) is 0 Å². The number of nitrogens with one attached hydrogen (secondary N) is 1. The summed E-state index contributed by atoms with van der Waals surface area (Å²) in [6.45, 7) is 5.19. The minimum atomic E-state index is -3.62. The van der Waals surface area contributed by atoms with Crippen molar-refractivity contribution in [3.63, 3.8) is 0 Å². The Hall–Kier alpha value is -2.36. The second-order valence-electron chi connectivity index (χ2n) is 8.72. The number of nitrogens with zero attached hydrogens (tertiary/aromatic N) is 1. The summed E-state index contributed by atoms with van der Waals surface area (Å²) >= 11 is 1.32. The Bertz CT molecular complexity index is 1150. The van der Waals surface area contributed by atoms with Crippen LogP contribution in [0.2, 0.25) is 0 Å². The van der Waals surface area contributed by atoms with Crippen LogP contribution in [0.4, 0.5) is 15.3 Å². The van der Waals surface area contributed by atoms with Gasteiger partial charge in [-0.1, -0.05) is 24.3 Å². The molecule has 13 heteroatoms. The van der Waals surface area contributed by atoms with Crippen LogP contribution in [-0.4, -0.2) is 61.9 Å². The summed E-state index contributed by atoms with van der Waals surface area (Å²) in [7, 11) is -3.68. The molecule has 190 valence electrons. The van der Waals surface area contributed by atoms with Gasteiger partial charge in [-0.25, -0.2) is 18.0 Å². The summed E-state index contributed by atoms with van der Waals surface area (Å²) < 4.78 is 34.9. The van der Waals surface area contributed by atoms with Crippen molar-refractivity contribution in [1.82, 2.24) is 4.90 Å². The monoisotopic (exact) mass is 618 g/mol. The van der Waals surface area contributed by atoms with Gasteiger partial charge in [-0.3, -0.25) is 5.32 Å². The summed E-state index contributed by atoms with van der Waals surface area (Å²) in [4.78, 5) is 25.8. The number of carbonyl (C=O) groups is 2. The molecule has 0 saturated heterocycles. The van der Waals surface area contributed by atoms with Crippen LogP contribution in [0.1, 0.15) is 31.9 Å². The van der Waals surface area contributed by atoms with Gasteiger partial charge in [-0.15, -0.1) is 0 Å². The second-order valence-corrected chi connectivity index (χ2v) is 13.5. The molecule has 2 rings (SSSR count). The van der Waals surface area contributed by atoms with Gasteiger partial charge in [-0.05, 0) is 55.6 Å². The Morgan fingerprint density at radius 2 is 1.74 bits per heavy atom. The second kappa shape index (κ2) is 12.1. The highest BCUT2D eigenvalue weighted by Gasteiger charge is 2.23. The van der Waals surface area contributed by atoms with Gasteiger partial charge in [0.05, 0.1) is 39.3 Å². The molecule has 0 aromatic heterocycles. The van der Waals surface area contributed by atoms with Gasteiger partial charge >= 0.3 is 19.3 Å². The van der Waals surface area contributed by atoms with E-state index in [0.717, 1.165) is 5.56 Å². The Kier molecular flexibility index (Phi) is 9.95. The zero-order valence-corrected chi connectivity index (χ0v) is 22.8. The fourth-order valence-electron chi connectivity index (χ4n) is 2.95. The van der Waals surface area contributed by atoms with Crippen LogP contribution in [0.5, 0.6) is 0 Å². The molecule has 0 heterocycles. The SMILES string of the molecule is CN(Cc1cc(NC(=O)OCCc2ccc(B(O)O)cc2)ccc1S(=O)(=O)I)C(=O)OC(C)(C)C. The van der Waals surface area contributed by atoms with Crippen molar-refractivity contribution < 1.29 is 37.5 Å². The van der Waals surface area contributed by atoms with E-state index in [0.29, 0.717) is 23.1 Å². The van der Waals surface area contributed by atoms with Crippen LogP contribution >= 0.6 is 21.2 Å². The van der Waals surface area contributed by atoms with E-state index in [-0.39, 0.29) is 18.0 Å². The standard InChI is InChI=1S/C22H28BIN2O8S/c1-22(2,3)34-21(28)26(4)14-16-13-18(9-10-19(16)35(24,31)32)25-20(27)33-12-11-15-5-7-17(8-6-15)23(29)30/h5-10,13,29-30H,11-12,14H2,1-4H3,(H,25,27). The normalized spacial score (nSPS) is 11.5. The van der Waals surface area contributed by atoms with Crippen molar-refractivity contribution >= 4 is 58.7 Å². The number of halogens is 1. The van der Waals surface area contributed by atoms with Crippen molar-refractivity contribution in [2.24, 2.45) is 0 Å². The van der Waals surface area contributed by atoms with E-state index in [1.54, 1.807) is 45.0 Å². The number of amides is 2. The van der Waals surface area contributed by atoms with E-state index >= 15 is 0 Å². The van der Waals surface area contributed by atoms with Crippen LogP contribution in [0.25, 0.3) is 0 Å². The van der Waals surface area contributed by atoms with Gasteiger partial charge < -0.3 is 24.4 Å². The molecule has 2 aromatic rings. The fraction of sp³-hybridized carbons (Fsp3) is 0.364. The number of benzene rings is 2. The average Bonchev–Trinajstić information content (AvgIpc) is 2.72. The summed E-state index contributed by atoms with van der Waals surface area (Å²) in [5.41, 5.74) is 1.09. The fourth-order valence-corrected chi connectivity index (χ4v) is 4.91. The quantitative estimate of drug-likeness (QED) is 0.233. The Morgan fingerprint density at radius 1 is 1.11 bits per heavy atom. The smallest absolute Gasteiger partial charge is 0.449 e. The molecule has 0 saturated carbocycles. The van der Waals surface area contributed by atoms with E-state index in [4.69, 9.17) is 19.5 Å². The molecule has 0 aliphatic rings. The van der Waals surface area contributed by atoms with Gasteiger partial charge in [0.2, 0.25) is 7.01 Å². The molecule has 3 N–H and O–H groups in total. The van der Waals surface area contributed by atoms with Gasteiger partial charge in [0.1, 0.15) is 5.60 Å². The number of carbonyl (C=O) groups excluding carboxylic acids is 2. The minimum Gasteiger partial charge on any atom is -0.449 e. The van der Waals surface area contributed by atoms with E-state index < -0.39 is 31.9 Å². The Morgan fingerprint density at radius 3 is 2.29 bits per heavy atom. The van der Waals surface area contributed by atoms with Crippen molar-refractivity contribution in [3.8, 4) is 0 Å². The predicted octanol–water partition coefficient (Wildman–Crippen LogP) is 2.65. The summed E-state index contributed by atoms with van der Waals surface area (Å²) in [6, 6.07) is 10.8. The molecule has 0 aliphatic heterocycles. The minimum absolute atomic E-state index is 0.0175. The first kappa shape index (κ1) is 28.9. The van der Waals surface area contributed by atoms with Crippen LogP contribution in [0, 0.1) is 0 Å². The van der Waals surface area contributed by atoms with Crippen LogP contribution in [-0.2, 0) is 29.4 Å². The molecule has 0 atom stereocenters. The third-order valence-electron chi connectivity index (χ3n) is 4.58. The topological polar surface area (TPSA) is 142 Å². The number of ether oxygens (including phenoxy) is 2. The summed E-state index contributed by atoms with van der Waals surface area (Å²) in [5.74, 6) is 0. The molecule has 2 amide bonds. The van der Waals surface area contributed by atoms with Gasteiger partial charge in [0.15, 0.2) is 0 Å². The van der Waals surface area contributed by atoms with Crippen LogP contribution < -0.4 is 10.8 Å². The zero-order valence-electron chi connectivity index (χ0n) is 19.8. The molecule has 2 aromatic carbocycles. The van der Waals surface area contributed by atoms with Gasteiger partial charge in [-0.2, -0.15) is 0 Å².